The second-order valence-electron chi connectivity index (χ2n) is 9.99. The molecular formula is C34H34O10. The van der Waals surface area contributed by atoms with E-state index in [4.69, 9.17) is 19.3 Å². The first-order valence-corrected chi connectivity index (χ1v) is 13.9. The summed E-state index contributed by atoms with van der Waals surface area (Å²) in [4.78, 5) is 26.3. The summed E-state index contributed by atoms with van der Waals surface area (Å²) in [6.07, 6.45) is -8.57. The molecule has 44 heavy (non-hydrogen) atoms. The van der Waals surface area contributed by atoms with E-state index in [1.165, 1.54) is 12.1 Å². The fraction of sp³-hybridized carbons (Fsp3) is 0.235. The zero-order valence-corrected chi connectivity index (χ0v) is 23.7. The molecule has 5 N–H and O–H groups in total. The summed E-state index contributed by atoms with van der Waals surface area (Å²) in [6.45, 7) is -0.647. The number of carbonyl (C=O) groups is 2. The molecule has 230 valence electrons. The number of hydrogen-bond donors (Lipinski definition) is 5. The van der Waals surface area contributed by atoms with Gasteiger partial charge in [-0.2, -0.15) is 0 Å². The zero-order chi connectivity index (χ0) is 31.5. The summed E-state index contributed by atoms with van der Waals surface area (Å²) in [7, 11) is 0. The molecule has 0 unspecified atom stereocenters. The summed E-state index contributed by atoms with van der Waals surface area (Å²) in [5.74, 6) is -2.34. The molecule has 4 rings (SSSR count). The van der Waals surface area contributed by atoms with Crippen molar-refractivity contribution in [1.29, 1.82) is 0 Å². The van der Waals surface area contributed by atoms with Gasteiger partial charge in [0.1, 0.15) is 44.2 Å². The lowest BCUT2D eigenvalue weighted by atomic mass is 9.95. The molecule has 0 amide bonds. The third kappa shape index (κ3) is 8.50. The molecule has 0 saturated carbocycles. The number of carbonyl (C=O) groups excluding carboxylic acids is 2. The Bertz CT molecular complexity index is 1430. The smallest absolute Gasteiger partial charge is 0.234 e. The van der Waals surface area contributed by atoms with Gasteiger partial charge in [-0.15, -0.1) is 0 Å². The fourth-order valence-corrected chi connectivity index (χ4v) is 4.22. The van der Waals surface area contributed by atoms with Crippen LogP contribution in [0.2, 0.25) is 0 Å². The first kappa shape index (κ1) is 32.3. The molecule has 4 atom stereocenters. The Morgan fingerprint density at radius 1 is 0.591 bits per heavy atom. The van der Waals surface area contributed by atoms with Crippen LogP contribution >= 0.6 is 0 Å². The zero-order valence-electron chi connectivity index (χ0n) is 23.7. The summed E-state index contributed by atoms with van der Waals surface area (Å²) >= 11 is 0. The van der Waals surface area contributed by atoms with Crippen LogP contribution in [0.1, 0.15) is 27.0 Å². The molecular weight excluding hydrogens is 568 g/mol. The van der Waals surface area contributed by atoms with Crippen molar-refractivity contribution in [3.05, 3.63) is 125 Å². The molecule has 0 heterocycles. The minimum atomic E-state index is -2.39. The van der Waals surface area contributed by atoms with Crippen molar-refractivity contribution in [2.75, 3.05) is 6.61 Å². The van der Waals surface area contributed by atoms with Crippen LogP contribution in [0.3, 0.4) is 0 Å². The monoisotopic (exact) mass is 602 g/mol. The molecule has 10 heteroatoms. The van der Waals surface area contributed by atoms with E-state index in [1.54, 1.807) is 0 Å². The third-order valence-corrected chi connectivity index (χ3v) is 6.73. The number of aliphatic hydroxyl groups is 5. The van der Waals surface area contributed by atoms with Crippen LogP contribution in [0.5, 0.6) is 17.2 Å². The minimum Gasteiger partial charge on any atom is -0.485 e. The standard InChI is InChI=1S/C34H34O10/c35-18-26(36)30(38)32(40)33(41)31(39)29(37)25-16-27(42-19-22-10-4-1-5-11-22)34(44-21-24-14-8-3-9-15-24)28(17-25)43-20-23-12-6-2-7-13-23/h1-17,26,30,32-33,35-36,38,40-41H,18-21H2/t26-,30-,32+,33+/m1/s1. The van der Waals surface area contributed by atoms with E-state index in [0.717, 1.165) is 16.7 Å². The van der Waals surface area contributed by atoms with Crippen molar-refractivity contribution in [2.24, 2.45) is 0 Å². The predicted octanol–water partition coefficient (Wildman–Crippen LogP) is 2.61. The quantitative estimate of drug-likeness (QED) is 0.0952. The van der Waals surface area contributed by atoms with Gasteiger partial charge in [-0.05, 0) is 28.8 Å². The van der Waals surface area contributed by atoms with Gasteiger partial charge < -0.3 is 39.7 Å². The average molecular weight is 603 g/mol. The van der Waals surface area contributed by atoms with E-state index in [-0.39, 0.29) is 42.6 Å². The largest absolute Gasteiger partial charge is 0.485 e. The van der Waals surface area contributed by atoms with Crippen molar-refractivity contribution in [1.82, 2.24) is 0 Å². The normalized spacial score (nSPS) is 13.8. The summed E-state index contributed by atoms with van der Waals surface area (Å²) < 4.78 is 18.3. The van der Waals surface area contributed by atoms with Crippen molar-refractivity contribution in [3.8, 4) is 17.2 Å². The lowest BCUT2D eigenvalue weighted by molar-refractivity contribution is -0.142. The maximum absolute atomic E-state index is 13.3. The van der Waals surface area contributed by atoms with Gasteiger partial charge in [0.15, 0.2) is 11.5 Å². The van der Waals surface area contributed by atoms with Gasteiger partial charge >= 0.3 is 0 Å². The van der Waals surface area contributed by atoms with Crippen molar-refractivity contribution in [2.45, 2.75) is 44.2 Å². The van der Waals surface area contributed by atoms with Crippen molar-refractivity contribution >= 4 is 11.6 Å². The molecule has 0 aliphatic carbocycles. The molecule has 0 fully saturated rings. The van der Waals surface area contributed by atoms with Gasteiger partial charge in [0, 0.05) is 5.56 Å². The van der Waals surface area contributed by atoms with Crippen LogP contribution in [-0.4, -0.2) is 68.1 Å². The van der Waals surface area contributed by atoms with Crippen LogP contribution < -0.4 is 14.2 Å². The Balaban J connectivity index is 1.71. The SMILES string of the molecule is O=C(C(=O)[C@H](O)[C@@H](O)[C@H](O)[C@H](O)CO)c1cc(OCc2ccccc2)c(OCc2ccccc2)c(OCc2ccccc2)c1. The first-order chi connectivity index (χ1) is 21.3. The van der Waals surface area contributed by atoms with Crippen LogP contribution in [-0.2, 0) is 24.6 Å². The second-order valence-corrected chi connectivity index (χ2v) is 9.99. The predicted molar refractivity (Wildman–Crippen MR) is 159 cm³/mol. The number of rotatable bonds is 16. The molecule has 4 aromatic rings. The molecule has 0 aliphatic heterocycles. The van der Waals surface area contributed by atoms with Crippen molar-refractivity contribution in [3.63, 3.8) is 0 Å². The highest BCUT2D eigenvalue weighted by Crippen LogP contribution is 2.41. The van der Waals surface area contributed by atoms with E-state index < -0.39 is 42.6 Å². The molecule has 4 aromatic carbocycles. The number of aliphatic hydroxyl groups excluding tert-OH is 5. The molecule has 0 bridgehead atoms. The van der Waals surface area contributed by atoms with Gasteiger partial charge in [-0.3, -0.25) is 9.59 Å². The van der Waals surface area contributed by atoms with Gasteiger partial charge in [0.25, 0.3) is 0 Å². The van der Waals surface area contributed by atoms with E-state index in [1.807, 2.05) is 91.0 Å². The molecule has 0 spiro atoms. The fourth-order valence-electron chi connectivity index (χ4n) is 4.22. The third-order valence-electron chi connectivity index (χ3n) is 6.73. The molecule has 0 aromatic heterocycles. The Labute approximate surface area is 254 Å². The number of hydrogen-bond acceptors (Lipinski definition) is 10. The van der Waals surface area contributed by atoms with Gasteiger partial charge in [-0.25, -0.2) is 0 Å². The van der Waals surface area contributed by atoms with E-state index in [9.17, 15) is 30.0 Å². The molecule has 0 radical (unpaired) electrons. The Hall–Kier alpha value is -4.58. The van der Waals surface area contributed by atoms with Crippen LogP contribution in [0, 0.1) is 0 Å². The topological polar surface area (TPSA) is 163 Å². The summed E-state index contributed by atoms with van der Waals surface area (Å²) in [6, 6.07) is 30.4. The van der Waals surface area contributed by atoms with E-state index in [2.05, 4.69) is 0 Å². The lowest BCUT2D eigenvalue weighted by Gasteiger charge is -2.24. The number of ketones is 2. The Kier molecular flexibility index (Phi) is 11.6. The second kappa shape index (κ2) is 15.8. The highest BCUT2D eigenvalue weighted by atomic mass is 16.5. The van der Waals surface area contributed by atoms with Gasteiger partial charge in [-0.1, -0.05) is 91.0 Å². The first-order valence-electron chi connectivity index (χ1n) is 13.9. The summed E-state index contributed by atoms with van der Waals surface area (Å²) in [5, 5.41) is 49.2. The van der Waals surface area contributed by atoms with Gasteiger partial charge in [0.2, 0.25) is 17.3 Å². The molecule has 10 nitrogen and oxygen atoms in total. The van der Waals surface area contributed by atoms with Gasteiger partial charge in [0.05, 0.1) is 6.61 Å². The molecule has 0 saturated heterocycles. The maximum atomic E-state index is 13.3. The van der Waals surface area contributed by atoms with E-state index in [0.29, 0.717) is 0 Å². The Morgan fingerprint density at radius 2 is 1.00 bits per heavy atom. The summed E-state index contributed by atoms with van der Waals surface area (Å²) in [5.41, 5.74) is 2.25. The number of ether oxygens (including phenoxy) is 3. The van der Waals surface area contributed by atoms with Crippen LogP contribution in [0.25, 0.3) is 0 Å². The lowest BCUT2D eigenvalue weighted by Crippen LogP contribution is -2.50. The molecule has 0 aliphatic rings. The Morgan fingerprint density at radius 3 is 1.41 bits per heavy atom. The number of Topliss-reactive ketones (excluding diaryl/α,β-unsaturated/α-hetero) is 2. The van der Waals surface area contributed by atoms with Crippen molar-refractivity contribution < 1.29 is 49.3 Å². The minimum absolute atomic E-state index is 0.0808. The highest BCUT2D eigenvalue weighted by Gasteiger charge is 2.37. The highest BCUT2D eigenvalue weighted by molar-refractivity contribution is 6.45. The van der Waals surface area contributed by atoms with Crippen LogP contribution in [0.4, 0.5) is 0 Å². The number of benzene rings is 4. The average Bonchev–Trinajstić information content (AvgIpc) is 3.08. The maximum Gasteiger partial charge on any atom is 0.234 e. The van der Waals surface area contributed by atoms with E-state index >= 15 is 0 Å². The van der Waals surface area contributed by atoms with Crippen LogP contribution in [0.15, 0.2) is 103 Å².